The number of carbonyl (C=O) groups excluding carboxylic acids is 1. The smallest absolute Gasteiger partial charge is 0.160 e. The number of likely N-dealkylation sites (N-methyl/N-ethyl adjacent to an activating group) is 1. The molecule has 0 fully saturated rings. The number of hydrogen-bond acceptors (Lipinski definition) is 7. The molecule has 0 unspecified atom stereocenters. The summed E-state index contributed by atoms with van der Waals surface area (Å²) < 4.78 is 12.9. The minimum absolute atomic E-state index is 0.0457. The molecule has 0 radical (unpaired) electrons. The predicted octanol–water partition coefficient (Wildman–Crippen LogP) is 2.24. The van der Waals surface area contributed by atoms with Crippen molar-refractivity contribution in [2.24, 2.45) is 0 Å². The Balaban J connectivity index is 1.73. The van der Waals surface area contributed by atoms with Crippen molar-refractivity contribution in [3.63, 3.8) is 0 Å². The largest absolute Gasteiger partial charge is 0.394 e. The molecule has 0 amide bonds. The van der Waals surface area contributed by atoms with Crippen molar-refractivity contribution >= 4 is 43.4 Å². The fourth-order valence-corrected chi connectivity index (χ4v) is 3.99. The van der Waals surface area contributed by atoms with Gasteiger partial charge in [-0.05, 0) is 12.1 Å². The van der Waals surface area contributed by atoms with Crippen molar-refractivity contribution in [2.75, 3.05) is 51.5 Å². The van der Waals surface area contributed by atoms with E-state index in [2.05, 4.69) is 11.0 Å². The number of hydrogen-bond donors (Lipinski definition) is 1. The van der Waals surface area contributed by atoms with Crippen LogP contribution in [0.1, 0.15) is 9.67 Å². The molecular weight excluding hydrogens is 310 g/mol. The normalized spacial score (nSPS) is 11.1. The number of nitrogens with zero attached hydrogens (tertiary/aromatic N) is 1. The summed E-state index contributed by atoms with van der Waals surface area (Å²) in [4.78, 5) is 13.6. The minimum Gasteiger partial charge on any atom is -0.394 e. The average Bonchev–Trinajstić information content (AvgIpc) is 3.04. The Morgan fingerprint density at radius 1 is 1.14 bits per heavy atom. The van der Waals surface area contributed by atoms with E-state index < -0.39 is 0 Å². The Morgan fingerprint density at radius 3 is 2.52 bits per heavy atom. The highest BCUT2D eigenvalue weighted by molar-refractivity contribution is 7.30. The molecule has 2 heterocycles. The summed E-state index contributed by atoms with van der Waals surface area (Å²) in [6, 6.07) is 4.05. The average molecular weight is 329 g/mol. The first-order valence-corrected chi connectivity index (χ1v) is 8.34. The molecule has 7 heteroatoms. The zero-order valence-electron chi connectivity index (χ0n) is 11.9. The standard InChI is InChI=1S/C14H19NO4S2/c1-15(2-4-18-6-7-19-5-3-16)14-9-13-12(21-14)8-11(10-17)20-13/h8-10,16H,2-7H2,1H3. The maximum atomic E-state index is 10.7. The van der Waals surface area contributed by atoms with Crippen molar-refractivity contribution in [2.45, 2.75) is 0 Å². The summed E-state index contributed by atoms with van der Waals surface area (Å²) in [7, 11) is 2.03. The van der Waals surface area contributed by atoms with Gasteiger partial charge in [-0.25, -0.2) is 0 Å². The summed E-state index contributed by atoms with van der Waals surface area (Å²) in [5.74, 6) is 0. The zero-order valence-corrected chi connectivity index (χ0v) is 13.5. The monoisotopic (exact) mass is 329 g/mol. The number of ether oxygens (including phenoxy) is 2. The van der Waals surface area contributed by atoms with Gasteiger partial charge in [-0.15, -0.1) is 22.7 Å². The third kappa shape index (κ3) is 4.76. The molecule has 2 aromatic rings. The first-order chi connectivity index (χ1) is 10.2. The van der Waals surface area contributed by atoms with E-state index >= 15 is 0 Å². The third-order valence-corrected chi connectivity index (χ3v) is 5.22. The molecule has 0 aromatic carbocycles. The van der Waals surface area contributed by atoms with Gasteiger partial charge in [-0.1, -0.05) is 0 Å². The van der Waals surface area contributed by atoms with Crippen molar-refractivity contribution in [3.05, 3.63) is 17.0 Å². The Bertz CT molecular complexity index is 535. The number of anilines is 1. The highest BCUT2D eigenvalue weighted by atomic mass is 32.1. The van der Waals surface area contributed by atoms with E-state index in [1.807, 2.05) is 13.1 Å². The molecule has 2 aromatic heterocycles. The van der Waals surface area contributed by atoms with E-state index in [0.29, 0.717) is 26.4 Å². The molecular formula is C14H19NO4S2. The van der Waals surface area contributed by atoms with Crippen LogP contribution in [-0.4, -0.2) is 58.0 Å². The second-order valence-electron chi connectivity index (χ2n) is 4.45. The van der Waals surface area contributed by atoms with Gasteiger partial charge in [0.15, 0.2) is 6.29 Å². The molecule has 0 aliphatic carbocycles. The van der Waals surface area contributed by atoms with Crippen molar-refractivity contribution in [1.82, 2.24) is 0 Å². The number of fused-ring (bicyclic) bond motifs is 1. The van der Waals surface area contributed by atoms with Crippen LogP contribution in [0.3, 0.4) is 0 Å². The summed E-state index contributed by atoms with van der Waals surface area (Å²) in [5.41, 5.74) is 0. The van der Waals surface area contributed by atoms with Gasteiger partial charge in [0, 0.05) is 23.0 Å². The Kier molecular flexibility index (Phi) is 6.59. The van der Waals surface area contributed by atoms with Crippen molar-refractivity contribution in [3.8, 4) is 0 Å². The summed E-state index contributed by atoms with van der Waals surface area (Å²) in [6.07, 6.45) is 0.896. The fraction of sp³-hybridized carbons (Fsp3) is 0.500. The highest BCUT2D eigenvalue weighted by Crippen LogP contribution is 2.36. The van der Waals surface area contributed by atoms with Crippen LogP contribution >= 0.6 is 22.7 Å². The SMILES string of the molecule is CN(CCOCCOCCO)c1cc2sc(C=O)cc2s1. The van der Waals surface area contributed by atoms with Gasteiger partial charge in [0.25, 0.3) is 0 Å². The maximum absolute atomic E-state index is 10.7. The minimum atomic E-state index is 0.0457. The van der Waals surface area contributed by atoms with Gasteiger partial charge in [-0.2, -0.15) is 0 Å². The lowest BCUT2D eigenvalue weighted by atomic mass is 10.4. The molecule has 0 saturated carbocycles. The van der Waals surface area contributed by atoms with E-state index in [-0.39, 0.29) is 6.61 Å². The van der Waals surface area contributed by atoms with E-state index in [4.69, 9.17) is 14.6 Å². The van der Waals surface area contributed by atoms with Crippen molar-refractivity contribution in [1.29, 1.82) is 0 Å². The van der Waals surface area contributed by atoms with Crippen LogP contribution in [0.15, 0.2) is 12.1 Å². The second kappa shape index (κ2) is 8.45. The van der Waals surface area contributed by atoms with Crippen LogP contribution in [0.2, 0.25) is 0 Å². The Labute approximate surface area is 131 Å². The van der Waals surface area contributed by atoms with Gasteiger partial charge in [-0.3, -0.25) is 4.79 Å². The third-order valence-electron chi connectivity index (χ3n) is 2.88. The number of carbonyl (C=O) groups is 1. The second-order valence-corrected chi connectivity index (χ2v) is 6.63. The van der Waals surface area contributed by atoms with Gasteiger partial charge in [0.2, 0.25) is 0 Å². The number of aldehydes is 1. The molecule has 0 spiro atoms. The number of aliphatic hydroxyl groups is 1. The summed E-state index contributed by atoms with van der Waals surface area (Å²) in [6.45, 7) is 2.88. The van der Waals surface area contributed by atoms with Crippen LogP contribution in [0.5, 0.6) is 0 Å². The number of rotatable bonds is 10. The molecule has 21 heavy (non-hydrogen) atoms. The van der Waals surface area contributed by atoms with Crippen LogP contribution < -0.4 is 4.90 Å². The molecule has 2 rings (SSSR count). The maximum Gasteiger partial charge on any atom is 0.160 e. The molecule has 0 saturated heterocycles. The molecule has 1 N–H and O–H groups in total. The zero-order chi connectivity index (χ0) is 15.1. The number of thiophene rings is 2. The lowest BCUT2D eigenvalue weighted by molar-refractivity contribution is 0.0353. The van der Waals surface area contributed by atoms with E-state index in [1.165, 1.54) is 16.3 Å². The van der Waals surface area contributed by atoms with Gasteiger partial charge < -0.3 is 19.5 Å². The summed E-state index contributed by atoms with van der Waals surface area (Å²) >= 11 is 3.21. The lowest BCUT2D eigenvalue weighted by Gasteiger charge is -2.16. The quantitative estimate of drug-likeness (QED) is 0.535. The van der Waals surface area contributed by atoms with Gasteiger partial charge in [0.05, 0.1) is 42.9 Å². The van der Waals surface area contributed by atoms with E-state index in [0.717, 1.165) is 27.1 Å². The lowest BCUT2D eigenvalue weighted by Crippen LogP contribution is -2.22. The molecule has 0 atom stereocenters. The molecule has 116 valence electrons. The van der Waals surface area contributed by atoms with Crippen molar-refractivity contribution < 1.29 is 19.4 Å². The first kappa shape index (κ1) is 16.4. The molecule has 0 aliphatic heterocycles. The van der Waals surface area contributed by atoms with Crippen LogP contribution in [0, 0.1) is 0 Å². The number of aliphatic hydroxyl groups excluding tert-OH is 1. The van der Waals surface area contributed by atoms with Crippen LogP contribution in [-0.2, 0) is 9.47 Å². The van der Waals surface area contributed by atoms with Gasteiger partial charge in [0.1, 0.15) is 0 Å². The molecule has 5 nitrogen and oxygen atoms in total. The first-order valence-electron chi connectivity index (χ1n) is 6.70. The molecule has 0 bridgehead atoms. The Morgan fingerprint density at radius 2 is 1.86 bits per heavy atom. The molecule has 0 aliphatic rings. The fourth-order valence-electron chi connectivity index (χ4n) is 1.79. The Hall–Kier alpha value is -0.990. The highest BCUT2D eigenvalue weighted by Gasteiger charge is 2.09. The predicted molar refractivity (Wildman–Crippen MR) is 87.1 cm³/mol. The summed E-state index contributed by atoms with van der Waals surface area (Å²) in [5, 5.41) is 9.73. The van der Waals surface area contributed by atoms with Crippen LogP contribution in [0.4, 0.5) is 5.00 Å². The van der Waals surface area contributed by atoms with Crippen LogP contribution in [0.25, 0.3) is 9.40 Å². The van der Waals surface area contributed by atoms with Gasteiger partial charge >= 0.3 is 0 Å². The topological polar surface area (TPSA) is 59.0 Å². The van der Waals surface area contributed by atoms with E-state index in [1.54, 1.807) is 11.3 Å². The van der Waals surface area contributed by atoms with E-state index in [9.17, 15) is 4.79 Å².